The van der Waals surface area contributed by atoms with Crippen molar-refractivity contribution in [1.29, 1.82) is 0 Å². The van der Waals surface area contributed by atoms with E-state index < -0.39 is 16.6 Å². The summed E-state index contributed by atoms with van der Waals surface area (Å²) in [7, 11) is -4.31. The van der Waals surface area contributed by atoms with Crippen LogP contribution in [0.2, 0.25) is 23.2 Å². The number of rotatable bonds is 10. The molecule has 0 amide bonds. The van der Waals surface area contributed by atoms with Crippen molar-refractivity contribution < 1.29 is 8.85 Å². The second kappa shape index (κ2) is 11.5. The molecule has 220 valence electrons. The zero-order valence-corrected chi connectivity index (χ0v) is 28.7. The number of allylic oxidation sites excluding steroid dienone is 6. The Morgan fingerprint density at radius 1 is 0.756 bits per heavy atom. The Kier molecular flexibility index (Phi) is 8.51. The van der Waals surface area contributed by atoms with Gasteiger partial charge in [0.1, 0.15) is 0 Å². The minimum absolute atomic E-state index is 0.0250. The van der Waals surface area contributed by atoms with Crippen molar-refractivity contribution in [2.75, 3.05) is 6.61 Å². The highest BCUT2D eigenvalue weighted by molar-refractivity contribution is 6.99. The third-order valence-corrected chi connectivity index (χ3v) is 19.8. The fraction of sp³-hybridized carbons (Fsp3) is 0.514. The summed E-state index contributed by atoms with van der Waals surface area (Å²) in [5.74, 6) is 3.82. The van der Waals surface area contributed by atoms with Gasteiger partial charge in [-0.05, 0) is 82.7 Å². The molecule has 3 aliphatic rings. The minimum Gasteiger partial charge on any atom is -0.546 e. The molecule has 4 heteroatoms. The summed E-state index contributed by atoms with van der Waals surface area (Å²) in [4.78, 5) is 0. The third kappa shape index (κ3) is 5.77. The second-order valence-electron chi connectivity index (χ2n) is 15.1. The summed E-state index contributed by atoms with van der Waals surface area (Å²) in [5.41, 5.74) is 1.54. The number of fused-ring (bicyclic) bond motifs is 5. The summed E-state index contributed by atoms with van der Waals surface area (Å²) in [6.45, 7) is 19.7. The lowest BCUT2D eigenvalue weighted by Gasteiger charge is -2.43. The average Bonchev–Trinajstić information content (AvgIpc) is 3.62. The maximum absolute atomic E-state index is 7.13. The fourth-order valence-electron chi connectivity index (χ4n) is 7.26. The highest BCUT2D eigenvalue weighted by atomic mass is 28.4. The molecule has 2 aromatic rings. The van der Waals surface area contributed by atoms with Gasteiger partial charge in [-0.25, -0.2) is 0 Å². The first kappa shape index (κ1) is 30.3. The van der Waals surface area contributed by atoms with Crippen molar-refractivity contribution in [3.63, 3.8) is 0 Å². The smallest absolute Gasteiger partial charge is 0.261 e. The van der Waals surface area contributed by atoms with Gasteiger partial charge in [-0.1, -0.05) is 120 Å². The van der Waals surface area contributed by atoms with E-state index in [2.05, 4.69) is 140 Å². The zero-order chi connectivity index (χ0) is 29.5. The molecule has 0 spiro atoms. The SMILES string of the molecule is CC(C)(C)[Si](C)(C)OC1=C/C(=C/CCCCO[Si](c2ccccc2)(c2ccccc2)C(C)(C)C)[C@@H]2[C@H]1[C@@H]1C=C[C@H]2C1. The minimum atomic E-state index is -2.45. The molecule has 2 nitrogen and oxygen atoms in total. The monoisotopic (exact) mass is 584 g/mol. The molecular formula is C37H52O2Si2. The Labute approximate surface area is 252 Å². The van der Waals surface area contributed by atoms with Crippen LogP contribution in [0.25, 0.3) is 0 Å². The van der Waals surface area contributed by atoms with Gasteiger partial charge in [0.05, 0.1) is 5.76 Å². The summed E-state index contributed by atoms with van der Waals surface area (Å²) in [6, 6.07) is 22.0. The molecule has 0 aromatic heterocycles. The summed E-state index contributed by atoms with van der Waals surface area (Å²) in [5, 5.41) is 2.97. The van der Waals surface area contributed by atoms with Crippen LogP contribution in [0.15, 0.2) is 96.3 Å². The van der Waals surface area contributed by atoms with Gasteiger partial charge in [-0.15, -0.1) is 0 Å². The molecule has 0 unspecified atom stereocenters. The van der Waals surface area contributed by atoms with Crippen molar-refractivity contribution in [3.05, 3.63) is 96.3 Å². The van der Waals surface area contributed by atoms with Gasteiger partial charge in [0.15, 0.2) is 0 Å². The standard InChI is InChI=1S/C37H52O2Si2/c1-36(2,3)40(7,8)39-33-27-28(34-29-23-24-30(26-29)35(33)34)18-12-11-17-25-38-41(37(4,5)6,31-19-13-9-14-20-31)32-21-15-10-16-22-32/h9-10,13-16,18-24,27,29-30,34-35H,11-12,17,25-26H2,1-8H3/b28-18-/t29-,30+,34-,35-/m0/s1. The van der Waals surface area contributed by atoms with E-state index in [-0.39, 0.29) is 10.1 Å². The predicted octanol–water partition coefficient (Wildman–Crippen LogP) is 9.02. The van der Waals surface area contributed by atoms with E-state index in [1.807, 2.05) is 0 Å². The highest BCUT2D eigenvalue weighted by Gasteiger charge is 2.53. The average molecular weight is 585 g/mol. The van der Waals surface area contributed by atoms with Gasteiger partial charge in [0, 0.05) is 18.4 Å². The van der Waals surface area contributed by atoms with Gasteiger partial charge in [0.25, 0.3) is 8.32 Å². The van der Waals surface area contributed by atoms with Crippen molar-refractivity contribution in [2.24, 2.45) is 23.7 Å². The van der Waals surface area contributed by atoms with E-state index >= 15 is 0 Å². The molecule has 2 aromatic carbocycles. The van der Waals surface area contributed by atoms with Crippen LogP contribution in [0.4, 0.5) is 0 Å². The first-order valence-corrected chi connectivity index (χ1v) is 20.7. The molecule has 3 aliphatic carbocycles. The normalized spacial score (nSPS) is 25.1. The molecule has 1 fully saturated rings. The zero-order valence-electron chi connectivity index (χ0n) is 26.7. The second-order valence-corrected chi connectivity index (χ2v) is 24.2. The van der Waals surface area contributed by atoms with Crippen LogP contribution < -0.4 is 10.4 Å². The summed E-state index contributed by atoms with van der Waals surface area (Å²) < 4.78 is 14.1. The molecule has 0 radical (unpaired) electrons. The number of unbranched alkanes of at least 4 members (excludes halogenated alkanes) is 2. The van der Waals surface area contributed by atoms with Crippen LogP contribution in [0, 0.1) is 23.7 Å². The largest absolute Gasteiger partial charge is 0.546 e. The Bertz CT molecular complexity index is 1240. The fourth-order valence-corrected chi connectivity index (χ4v) is 13.0. The first-order chi connectivity index (χ1) is 19.4. The third-order valence-electron chi connectivity index (χ3n) is 10.4. The van der Waals surface area contributed by atoms with E-state index in [1.165, 1.54) is 28.1 Å². The molecule has 0 N–H and O–H groups in total. The quantitative estimate of drug-likeness (QED) is 0.158. The van der Waals surface area contributed by atoms with Crippen LogP contribution in [0.1, 0.15) is 67.2 Å². The summed E-state index contributed by atoms with van der Waals surface area (Å²) in [6.07, 6.45) is 14.6. The lowest BCUT2D eigenvalue weighted by Crippen LogP contribution is -2.66. The van der Waals surface area contributed by atoms with Crippen LogP contribution in [-0.4, -0.2) is 23.2 Å². The number of benzene rings is 2. The van der Waals surface area contributed by atoms with Gasteiger partial charge < -0.3 is 8.85 Å². The lowest BCUT2D eigenvalue weighted by molar-refractivity contribution is 0.283. The number of hydrogen-bond donors (Lipinski definition) is 0. The Morgan fingerprint density at radius 3 is 1.85 bits per heavy atom. The van der Waals surface area contributed by atoms with E-state index in [0.717, 1.165) is 25.9 Å². The van der Waals surface area contributed by atoms with Gasteiger partial charge in [0.2, 0.25) is 8.32 Å². The van der Waals surface area contributed by atoms with Gasteiger partial charge >= 0.3 is 0 Å². The molecule has 5 rings (SSSR count). The lowest BCUT2D eigenvalue weighted by atomic mass is 9.82. The first-order valence-electron chi connectivity index (χ1n) is 15.9. The predicted molar refractivity (Wildman–Crippen MR) is 180 cm³/mol. The van der Waals surface area contributed by atoms with Crippen LogP contribution in [0.3, 0.4) is 0 Å². The topological polar surface area (TPSA) is 18.5 Å². The van der Waals surface area contributed by atoms with Gasteiger partial charge in [-0.3, -0.25) is 0 Å². The van der Waals surface area contributed by atoms with E-state index in [0.29, 0.717) is 23.7 Å². The maximum atomic E-state index is 7.13. The molecule has 0 saturated heterocycles. The molecule has 4 atom stereocenters. The van der Waals surface area contributed by atoms with Crippen molar-refractivity contribution in [1.82, 2.24) is 0 Å². The van der Waals surface area contributed by atoms with Crippen molar-refractivity contribution in [3.8, 4) is 0 Å². The Morgan fingerprint density at radius 2 is 1.32 bits per heavy atom. The van der Waals surface area contributed by atoms with E-state index in [9.17, 15) is 0 Å². The van der Waals surface area contributed by atoms with Gasteiger partial charge in [-0.2, -0.15) is 0 Å². The Balaban J connectivity index is 1.28. The number of hydrogen-bond acceptors (Lipinski definition) is 2. The molecular weight excluding hydrogens is 533 g/mol. The Hall–Kier alpha value is -2.15. The van der Waals surface area contributed by atoms with Crippen LogP contribution in [-0.2, 0) is 8.85 Å². The summed E-state index contributed by atoms with van der Waals surface area (Å²) >= 11 is 0. The molecule has 41 heavy (non-hydrogen) atoms. The van der Waals surface area contributed by atoms with E-state index in [4.69, 9.17) is 8.85 Å². The van der Waals surface area contributed by atoms with Crippen molar-refractivity contribution in [2.45, 2.75) is 90.4 Å². The van der Waals surface area contributed by atoms with Crippen LogP contribution in [0.5, 0.6) is 0 Å². The van der Waals surface area contributed by atoms with Crippen LogP contribution >= 0.6 is 0 Å². The molecule has 0 aliphatic heterocycles. The molecule has 0 heterocycles. The maximum Gasteiger partial charge on any atom is 0.261 e. The highest BCUT2D eigenvalue weighted by Crippen LogP contribution is 2.58. The molecule has 1 saturated carbocycles. The van der Waals surface area contributed by atoms with Crippen molar-refractivity contribution >= 4 is 27.0 Å². The molecule has 2 bridgehead atoms. The van der Waals surface area contributed by atoms with E-state index in [1.54, 1.807) is 0 Å².